The van der Waals surface area contributed by atoms with Crippen molar-refractivity contribution in [1.82, 2.24) is 5.32 Å². The Kier molecular flexibility index (Phi) is 7.07. The third kappa shape index (κ3) is 5.81. The summed E-state index contributed by atoms with van der Waals surface area (Å²) in [4.78, 5) is 10.5. The minimum absolute atomic E-state index is 0.179. The van der Waals surface area contributed by atoms with Gasteiger partial charge in [-0.25, -0.2) is 0 Å². The number of benzene rings is 1. The van der Waals surface area contributed by atoms with Crippen molar-refractivity contribution in [2.45, 2.75) is 33.2 Å². The molecule has 0 amide bonds. The van der Waals surface area contributed by atoms with E-state index >= 15 is 0 Å². The molecule has 1 rings (SSSR count). The van der Waals surface area contributed by atoms with Crippen molar-refractivity contribution in [3.63, 3.8) is 0 Å². The fraction of sp³-hybridized carbons (Fsp3) is 0.571. The van der Waals surface area contributed by atoms with Crippen molar-refractivity contribution in [3.8, 4) is 0 Å². The normalized spacial score (nSPS) is 10.6. The first-order valence-electron chi connectivity index (χ1n) is 6.67. The lowest BCUT2D eigenvalue weighted by atomic mass is 10.1. The van der Waals surface area contributed by atoms with Crippen molar-refractivity contribution in [2.75, 3.05) is 19.8 Å². The maximum atomic E-state index is 10.8. The molecule has 106 valence electrons. The van der Waals surface area contributed by atoms with Gasteiger partial charge in [-0.3, -0.25) is 10.1 Å². The fourth-order valence-electron chi connectivity index (χ4n) is 1.69. The topological polar surface area (TPSA) is 64.4 Å². The largest absolute Gasteiger partial charge is 0.380 e. The van der Waals surface area contributed by atoms with Gasteiger partial charge in [-0.05, 0) is 18.9 Å². The molecule has 5 nitrogen and oxygen atoms in total. The molecule has 1 aromatic carbocycles. The number of nitro benzene ring substituents is 1. The highest BCUT2D eigenvalue weighted by molar-refractivity contribution is 5.42. The number of rotatable bonds is 9. The Morgan fingerprint density at radius 3 is 2.84 bits per heavy atom. The molecule has 19 heavy (non-hydrogen) atoms. The number of nitro groups is 1. The first-order chi connectivity index (χ1) is 9.15. The zero-order chi connectivity index (χ0) is 14.1. The predicted octanol–water partition coefficient (Wildman–Crippen LogP) is 2.81. The zero-order valence-corrected chi connectivity index (χ0v) is 11.6. The molecular formula is C14H22N2O3. The van der Waals surface area contributed by atoms with E-state index in [9.17, 15) is 10.1 Å². The van der Waals surface area contributed by atoms with Crippen LogP contribution in [0.1, 0.15) is 30.9 Å². The van der Waals surface area contributed by atoms with Gasteiger partial charge in [0.25, 0.3) is 5.69 Å². The van der Waals surface area contributed by atoms with Gasteiger partial charge in [0.05, 0.1) is 11.5 Å². The van der Waals surface area contributed by atoms with Crippen molar-refractivity contribution in [3.05, 3.63) is 39.4 Å². The fourth-order valence-corrected chi connectivity index (χ4v) is 1.69. The van der Waals surface area contributed by atoms with Gasteiger partial charge in [0, 0.05) is 31.3 Å². The monoisotopic (exact) mass is 266 g/mol. The van der Waals surface area contributed by atoms with Gasteiger partial charge >= 0.3 is 0 Å². The van der Waals surface area contributed by atoms with Gasteiger partial charge < -0.3 is 10.1 Å². The molecule has 0 aliphatic carbocycles. The predicted molar refractivity (Wildman–Crippen MR) is 75.3 cm³/mol. The second kappa shape index (κ2) is 8.61. The number of nitrogens with one attached hydrogen (secondary N) is 1. The summed E-state index contributed by atoms with van der Waals surface area (Å²) < 4.78 is 5.42. The molecule has 0 heterocycles. The third-order valence-electron chi connectivity index (χ3n) is 2.86. The van der Waals surface area contributed by atoms with Crippen LogP contribution in [0.4, 0.5) is 5.69 Å². The summed E-state index contributed by atoms with van der Waals surface area (Å²) >= 11 is 0. The van der Waals surface area contributed by atoms with E-state index in [-0.39, 0.29) is 10.6 Å². The highest BCUT2D eigenvalue weighted by Crippen LogP contribution is 2.18. The second-order valence-electron chi connectivity index (χ2n) is 4.52. The number of ether oxygens (including phenoxy) is 1. The average molecular weight is 266 g/mol. The van der Waals surface area contributed by atoms with Gasteiger partial charge in [0.15, 0.2) is 0 Å². The summed E-state index contributed by atoms with van der Waals surface area (Å²) in [6.45, 7) is 6.73. The van der Waals surface area contributed by atoms with Crippen LogP contribution in [0.2, 0.25) is 0 Å². The van der Waals surface area contributed by atoms with E-state index in [1.165, 1.54) is 0 Å². The molecule has 0 atom stereocenters. The summed E-state index contributed by atoms with van der Waals surface area (Å²) in [6, 6.07) is 5.32. The maximum absolute atomic E-state index is 10.8. The number of aryl methyl sites for hydroxylation is 1. The van der Waals surface area contributed by atoms with Crippen LogP contribution >= 0.6 is 0 Å². The Balaban J connectivity index is 2.30. The Labute approximate surface area is 114 Å². The van der Waals surface area contributed by atoms with Crippen LogP contribution in [0.15, 0.2) is 18.2 Å². The minimum atomic E-state index is -0.341. The van der Waals surface area contributed by atoms with E-state index in [1.807, 2.05) is 6.07 Å². The first-order valence-corrected chi connectivity index (χ1v) is 6.67. The lowest BCUT2D eigenvalue weighted by Gasteiger charge is -2.06. The Morgan fingerprint density at radius 1 is 1.37 bits per heavy atom. The second-order valence-corrected chi connectivity index (χ2v) is 4.52. The van der Waals surface area contributed by atoms with E-state index in [0.717, 1.165) is 31.6 Å². The van der Waals surface area contributed by atoms with E-state index in [1.54, 1.807) is 19.1 Å². The van der Waals surface area contributed by atoms with Crippen LogP contribution in [0.25, 0.3) is 0 Å². The van der Waals surface area contributed by atoms with Gasteiger partial charge in [0.2, 0.25) is 0 Å². The zero-order valence-electron chi connectivity index (χ0n) is 11.6. The van der Waals surface area contributed by atoms with Gasteiger partial charge in [-0.1, -0.05) is 25.5 Å². The van der Waals surface area contributed by atoms with Gasteiger partial charge in [-0.2, -0.15) is 0 Å². The molecule has 0 aliphatic rings. The van der Waals surface area contributed by atoms with Crippen LogP contribution < -0.4 is 5.32 Å². The minimum Gasteiger partial charge on any atom is -0.380 e. The summed E-state index contributed by atoms with van der Waals surface area (Å²) in [7, 11) is 0. The molecule has 1 N–H and O–H groups in total. The van der Waals surface area contributed by atoms with E-state index in [0.29, 0.717) is 18.7 Å². The lowest BCUT2D eigenvalue weighted by Crippen LogP contribution is -2.19. The van der Waals surface area contributed by atoms with Crippen LogP contribution in [-0.2, 0) is 11.3 Å². The molecule has 0 spiro atoms. The van der Waals surface area contributed by atoms with Crippen LogP contribution in [0, 0.1) is 17.0 Å². The molecule has 0 aromatic heterocycles. The van der Waals surface area contributed by atoms with E-state index < -0.39 is 0 Å². The van der Waals surface area contributed by atoms with Crippen molar-refractivity contribution < 1.29 is 9.66 Å². The molecule has 0 aliphatic heterocycles. The van der Waals surface area contributed by atoms with E-state index in [4.69, 9.17) is 4.74 Å². The van der Waals surface area contributed by atoms with Crippen LogP contribution in [-0.4, -0.2) is 24.7 Å². The van der Waals surface area contributed by atoms with Crippen molar-refractivity contribution >= 4 is 5.69 Å². The standard InChI is InChI=1S/C14H22N2O3/c1-3-4-8-19-9-7-15-11-13-6-5-12(2)14(10-13)16(17)18/h5-6,10,15H,3-4,7-9,11H2,1-2H3. The summed E-state index contributed by atoms with van der Waals surface area (Å²) in [5.74, 6) is 0. The van der Waals surface area contributed by atoms with Crippen molar-refractivity contribution in [2.24, 2.45) is 0 Å². The smallest absolute Gasteiger partial charge is 0.272 e. The van der Waals surface area contributed by atoms with Crippen molar-refractivity contribution in [1.29, 1.82) is 0 Å². The van der Waals surface area contributed by atoms with Crippen LogP contribution in [0.3, 0.4) is 0 Å². The first kappa shape index (κ1) is 15.6. The molecule has 0 unspecified atom stereocenters. The SMILES string of the molecule is CCCCOCCNCc1ccc(C)c([N+](=O)[O-])c1. The molecule has 0 saturated carbocycles. The highest BCUT2D eigenvalue weighted by Gasteiger charge is 2.10. The highest BCUT2D eigenvalue weighted by atomic mass is 16.6. The number of unbranched alkanes of at least 4 members (excludes halogenated alkanes) is 1. The van der Waals surface area contributed by atoms with E-state index in [2.05, 4.69) is 12.2 Å². The number of hydrogen-bond acceptors (Lipinski definition) is 4. The third-order valence-corrected chi connectivity index (χ3v) is 2.86. The molecule has 5 heteroatoms. The summed E-state index contributed by atoms with van der Waals surface area (Å²) in [5, 5.41) is 14.0. The molecule has 0 saturated heterocycles. The molecular weight excluding hydrogens is 244 g/mol. The molecule has 0 fully saturated rings. The molecule has 0 bridgehead atoms. The Hall–Kier alpha value is -1.46. The number of hydrogen-bond donors (Lipinski definition) is 1. The van der Waals surface area contributed by atoms with Gasteiger partial charge in [-0.15, -0.1) is 0 Å². The Morgan fingerprint density at radius 2 is 2.16 bits per heavy atom. The molecule has 1 aromatic rings. The maximum Gasteiger partial charge on any atom is 0.272 e. The average Bonchev–Trinajstić information content (AvgIpc) is 2.39. The lowest BCUT2D eigenvalue weighted by molar-refractivity contribution is -0.385. The Bertz CT molecular complexity index is 408. The summed E-state index contributed by atoms with van der Waals surface area (Å²) in [6.07, 6.45) is 2.23. The summed E-state index contributed by atoms with van der Waals surface area (Å²) in [5.41, 5.74) is 1.79. The van der Waals surface area contributed by atoms with Crippen LogP contribution in [0.5, 0.6) is 0 Å². The van der Waals surface area contributed by atoms with Gasteiger partial charge in [0.1, 0.15) is 0 Å². The molecule has 0 radical (unpaired) electrons. The number of nitrogens with zero attached hydrogens (tertiary/aromatic N) is 1. The quantitative estimate of drug-likeness (QED) is 0.424.